The molecule has 158 valence electrons. The lowest BCUT2D eigenvalue weighted by Crippen LogP contribution is -2.42. The second kappa shape index (κ2) is 9.33. The lowest BCUT2D eigenvalue weighted by Gasteiger charge is -2.26. The van der Waals surface area contributed by atoms with Crippen LogP contribution >= 0.6 is 0 Å². The number of fused-ring (bicyclic) bond motifs is 3. The van der Waals surface area contributed by atoms with Gasteiger partial charge in [0.15, 0.2) is 0 Å². The Balaban J connectivity index is 1.43. The van der Waals surface area contributed by atoms with E-state index in [2.05, 4.69) is 29.6 Å². The Hall–Kier alpha value is -2.82. The fourth-order valence-electron chi connectivity index (χ4n) is 5.03. The van der Waals surface area contributed by atoms with Gasteiger partial charge in [0.2, 0.25) is 0 Å². The number of hydrogen-bond acceptors (Lipinski definition) is 3. The number of aliphatic carboxylic acids is 1. The Morgan fingerprint density at radius 2 is 1.50 bits per heavy atom. The van der Waals surface area contributed by atoms with Crippen LogP contribution < -0.4 is 5.32 Å². The summed E-state index contributed by atoms with van der Waals surface area (Å²) in [5, 5.41) is 12.2. The van der Waals surface area contributed by atoms with Gasteiger partial charge in [-0.15, -0.1) is 0 Å². The molecule has 2 aliphatic rings. The first kappa shape index (κ1) is 20.5. The average Bonchev–Trinajstić information content (AvgIpc) is 2.88. The standard InChI is InChI=1S/C25H29NO4/c27-24(28)15-23(17-9-3-1-2-4-10-17)26-25(29)30-16-22-20-13-7-5-11-18(20)19-12-6-8-14-21(19)22/h5-8,11-14,17,22-23H,1-4,9-10,15-16H2,(H,26,29)(H,27,28)/t23-/m0/s1. The molecule has 5 nitrogen and oxygen atoms in total. The van der Waals surface area contributed by atoms with Gasteiger partial charge in [0, 0.05) is 12.0 Å². The van der Waals surface area contributed by atoms with E-state index >= 15 is 0 Å². The van der Waals surface area contributed by atoms with Gasteiger partial charge in [0.25, 0.3) is 0 Å². The highest BCUT2D eigenvalue weighted by molar-refractivity contribution is 5.79. The number of carbonyl (C=O) groups is 2. The van der Waals surface area contributed by atoms with E-state index in [-0.39, 0.29) is 30.9 Å². The topological polar surface area (TPSA) is 75.6 Å². The van der Waals surface area contributed by atoms with E-state index in [9.17, 15) is 14.7 Å². The highest BCUT2D eigenvalue weighted by Crippen LogP contribution is 2.44. The van der Waals surface area contributed by atoms with Crippen molar-refractivity contribution >= 4 is 12.1 Å². The first-order valence-corrected chi connectivity index (χ1v) is 11.0. The minimum Gasteiger partial charge on any atom is -0.481 e. The smallest absolute Gasteiger partial charge is 0.407 e. The average molecular weight is 408 g/mol. The fourth-order valence-corrected chi connectivity index (χ4v) is 5.03. The van der Waals surface area contributed by atoms with Crippen LogP contribution in [0.15, 0.2) is 48.5 Å². The number of alkyl carbamates (subject to hydrolysis) is 1. The number of hydrogen-bond donors (Lipinski definition) is 2. The summed E-state index contributed by atoms with van der Waals surface area (Å²) in [6.07, 6.45) is 5.88. The Morgan fingerprint density at radius 3 is 2.07 bits per heavy atom. The van der Waals surface area contributed by atoms with Crippen LogP contribution in [0.1, 0.15) is 62.0 Å². The van der Waals surface area contributed by atoms with Gasteiger partial charge in [0.1, 0.15) is 6.61 Å². The zero-order valence-corrected chi connectivity index (χ0v) is 17.2. The van der Waals surface area contributed by atoms with Crippen molar-refractivity contribution in [3.63, 3.8) is 0 Å². The van der Waals surface area contributed by atoms with Gasteiger partial charge in [0.05, 0.1) is 6.42 Å². The van der Waals surface area contributed by atoms with E-state index in [1.54, 1.807) is 0 Å². The Labute approximate surface area is 177 Å². The molecule has 0 radical (unpaired) electrons. The molecule has 1 fully saturated rings. The van der Waals surface area contributed by atoms with E-state index in [1.807, 2.05) is 24.3 Å². The molecule has 2 N–H and O–H groups in total. The first-order chi connectivity index (χ1) is 14.6. The van der Waals surface area contributed by atoms with Gasteiger partial charge in [-0.05, 0) is 41.0 Å². The maximum absolute atomic E-state index is 12.6. The molecular weight excluding hydrogens is 378 g/mol. The maximum atomic E-state index is 12.6. The van der Waals surface area contributed by atoms with Crippen LogP contribution in [-0.2, 0) is 9.53 Å². The maximum Gasteiger partial charge on any atom is 0.407 e. The highest BCUT2D eigenvalue weighted by Gasteiger charge is 2.30. The van der Waals surface area contributed by atoms with Crippen LogP contribution in [0.2, 0.25) is 0 Å². The second-order valence-corrected chi connectivity index (χ2v) is 8.43. The van der Waals surface area contributed by atoms with E-state index in [0.717, 1.165) is 36.8 Å². The molecule has 5 heteroatoms. The van der Waals surface area contributed by atoms with E-state index in [1.165, 1.54) is 24.0 Å². The number of rotatable bonds is 6. The first-order valence-electron chi connectivity index (χ1n) is 11.0. The van der Waals surface area contributed by atoms with Crippen LogP contribution in [0.4, 0.5) is 4.79 Å². The number of benzene rings is 2. The van der Waals surface area contributed by atoms with Gasteiger partial charge < -0.3 is 15.2 Å². The lowest BCUT2D eigenvalue weighted by atomic mass is 9.90. The summed E-state index contributed by atoms with van der Waals surface area (Å²) in [6, 6.07) is 16.0. The summed E-state index contributed by atoms with van der Waals surface area (Å²) in [5.74, 6) is -0.689. The van der Waals surface area contributed by atoms with Crippen molar-refractivity contribution < 1.29 is 19.4 Å². The molecule has 1 atom stereocenters. The van der Waals surface area contributed by atoms with Gasteiger partial charge in [-0.25, -0.2) is 4.79 Å². The molecule has 2 aromatic rings. The summed E-state index contributed by atoms with van der Waals surface area (Å²) in [6.45, 7) is 0.240. The molecule has 0 spiro atoms. The van der Waals surface area contributed by atoms with Crippen molar-refractivity contribution in [3.05, 3.63) is 59.7 Å². The van der Waals surface area contributed by atoms with Crippen molar-refractivity contribution in [2.24, 2.45) is 5.92 Å². The number of carbonyl (C=O) groups excluding carboxylic acids is 1. The number of ether oxygens (including phenoxy) is 1. The van der Waals surface area contributed by atoms with E-state index in [4.69, 9.17) is 4.74 Å². The van der Waals surface area contributed by atoms with Crippen molar-refractivity contribution in [3.8, 4) is 11.1 Å². The lowest BCUT2D eigenvalue weighted by molar-refractivity contribution is -0.137. The number of carboxylic acid groups (broad SMARTS) is 1. The number of amides is 1. The van der Waals surface area contributed by atoms with Crippen molar-refractivity contribution in [1.82, 2.24) is 5.32 Å². The molecule has 1 amide bonds. The van der Waals surface area contributed by atoms with Crippen LogP contribution in [0.5, 0.6) is 0 Å². The number of nitrogens with one attached hydrogen (secondary N) is 1. The Kier molecular flexibility index (Phi) is 6.36. The molecule has 4 rings (SSSR count). The Morgan fingerprint density at radius 1 is 0.933 bits per heavy atom. The number of carboxylic acids is 1. The molecule has 2 aromatic carbocycles. The summed E-state index contributed by atoms with van der Waals surface area (Å²) in [7, 11) is 0. The molecule has 30 heavy (non-hydrogen) atoms. The quantitative estimate of drug-likeness (QED) is 0.634. The Bertz CT molecular complexity index is 856. The monoisotopic (exact) mass is 407 g/mol. The minimum absolute atomic E-state index is 0.000968. The van der Waals surface area contributed by atoms with Gasteiger partial charge in [-0.1, -0.05) is 74.2 Å². The van der Waals surface area contributed by atoms with Crippen LogP contribution in [0.25, 0.3) is 11.1 Å². The SMILES string of the molecule is O=C(O)C[C@H](NC(=O)OCC1c2ccccc2-c2ccccc21)C1CCCCCC1. The highest BCUT2D eigenvalue weighted by atomic mass is 16.5. The molecule has 0 aliphatic heterocycles. The fraction of sp³-hybridized carbons (Fsp3) is 0.440. The predicted octanol–water partition coefficient (Wildman–Crippen LogP) is 5.34. The predicted molar refractivity (Wildman–Crippen MR) is 115 cm³/mol. The molecule has 2 aliphatic carbocycles. The summed E-state index contributed by atoms with van der Waals surface area (Å²) in [4.78, 5) is 24.0. The molecule has 0 saturated heterocycles. The van der Waals surface area contributed by atoms with Gasteiger partial charge >= 0.3 is 12.1 Å². The van der Waals surface area contributed by atoms with Gasteiger partial charge in [-0.2, -0.15) is 0 Å². The molecule has 0 unspecified atom stereocenters. The zero-order chi connectivity index (χ0) is 20.9. The van der Waals surface area contributed by atoms with Gasteiger partial charge in [-0.3, -0.25) is 4.79 Å². The third-order valence-corrected chi connectivity index (χ3v) is 6.51. The van der Waals surface area contributed by atoms with E-state index in [0.29, 0.717) is 0 Å². The van der Waals surface area contributed by atoms with Crippen molar-refractivity contribution in [2.45, 2.75) is 56.9 Å². The van der Waals surface area contributed by atoms with E-state index < -0.39 is 12.1 Å². The third kappa shape index (κ3) is 4.50. The molecule has 0 aromatic heterocycles. The zero-order valence-electron chi connectivity index (χ0n) is 17.2. The third-order valence-electron chi connectivity index (χ3n) is 6.51. The van der Waals surface area contributed by atoms with Crippen molar-refractivity contribution in [1.29, 1.82) is 0 Å². The normalized spacial score (nSPS) is 17.5. The summed E-state index contributed by atoms with van der Waals surface area (Å²) >= 11 is 0. The molecule has 1 saturated carbocycles. The molecule has 0 bridgehead atoms. The van der Waals surface area contributed by atoms with Crippen LogP contribution in [-0.4, -0.2) is 29.8 Å². The summed E-state index contributed by atoms with van der Waals surface area (Å²) < 4.78 is 5.63. The summed E-state index contributed by atoms with van der Waals surface area (Å²) in [5.41, 5.74) is 4.70. The largest absolute Gasteiger partial charge is 0.481 e. The van der Waals surface area contributed by atoms with Crippen LogP contribution in [0, 0.1) is 5.92 Å². The second-order valence-electron chi connectivity index (χ2n) is 8.43. The van der Waals surface area contributed by atoms with Crippen molar-refractivity contribution in [2.75, 3.05) is 6.61 Å². The molecular formula is C25H29NO4. The van der Waals surface area contributed by atoms with Crippen LogP contribution in [0.3, 0.4) is 0 Å². The minimum atomic E-state index is -0.886. The molecule has 0 heterocycles.